The molecule has 1 aromatic heterocycles. The van der Waals surface area contributed by atoms with Gasteiger partial charge >= 0.3 is 6.03 Å². The van der Waals surface area contributed by atoms with Gasteiger partial charge in [0.05, 0.1) is 5.39 Å². The Kier molecular flexibility index (Phi) is 3.86. The van der Waals surface area contributed by atoms with Crippen molar-refractivity contribution in [1.82, 2.24) is 9.66 Å². The first-order valence-electron chi connectivity index (χ1n) is 6.57. The van der Waals surface area contributed by atoms with Gasteiger partial charge < -0.3 is 10.4 Å². The number of phenols is 1. The Bertz CT molecular complexity index is 938. The van der Waals surface area contributed by atoms with Crippen LogP contribution in [0.15, 0.2) is 53.6 Å². The number of fused-ring (bicyclic) bond motifs is 1. The fraction of sp³-hybridized carbons (Fsp3) is 0. The molecule has 23 heavy (non-hydrogen) atoms. The van der Waals surface area contributed by atoms with Gasteiger partial charge in [0.2, 0.25) is 0 Å². The first-order chi connectivity index (χ1) is 11.0. The molecule has 116 valence electrons. The zero-order chi connectivity index (χ0) is 16.4. The maximum Gasteiger partial charge on any atom is 0.338 e. The third-order valence-corrected chi connectivity index (χ3v) is 3.34. The van der Waals surface area contributed by atoms with E-state index in [1.165, 1.54) is 18.2 Å². The number of carbonyl (C=O) groups excluding carboxylic acids is 1. The monoisotopic (exact) mass is 330 g/mol. The minimum absolute atomic E-state index is 0.0997. The summed E-state index contributed by atoms with van der Waals surface area (Å²) < 4.78 is 0.938. The van der Waals surface area contributed by atoms with E-state index in [-0.39, 0.29) is 16.7 Å². The maximum absolute atomic E-state index is 12.3. The van der Waals surface area contributed by atoms with Gasteiger partial charge in [-0.25, -0.2) is 19.9 Å². The summed E-state index contributed by atoms with van der Waals surface area (Å²) in [5.74, 6) is -0.0997. The summed E-state index contributed by atoms with van der Waals surface area (Å²) in [5.41, 5.74) is 2.55. The van der Waals surface area contributed by atoms with E-state index in [9.17, 15) is 14.7 Å². The van der Waals surface area contributed by atoms with Crippen LogP contribution in [-0.2, 0) is 0 Å². The number of para-hydroxylation sites is 1. The molecule has 0 aliphatic heterocycles. The highest BCUT2D eigenvalue weighted by molar-refractivity contribution is 6.30. The first-order valence-corrected chi connectivity index (χ1v) is 6.95. The van der Waals surface area contributed by atoms with Crippen molar-refractivity contribution in [3.05, 3.63) is 64.2 Å². The standard InChI is InChI=1S/C15H11ClN4O3/c16-9-4-6-10(7-5-9)18-15(23)19-20-8-17-13-11(14(20)22)2-1-3-12(13)21/h1-8,21H,(H2,18,19,23). The summed E-state index contributed by atoms with van der Waals surface area (Å²) in [4.78, 5) is 28.2. The summed E-state index contributed by atoms with van der Waals surface area (Å²) in [6.07, 6.45) is 1.13. The maximum atomic E-state index is 12.3. The van der Waals surface area contributed by atoms with Crippen molar-refractivity contribution >= 4 is 34.2 Å². The Hall–Kier alpha value is -3.06. The van der Waals surface area contributed by atoms with Crippen LogP contribution in [0, 0.1) is 0 Å². The van der Waals surface area contributed by atoms with E-state index >= 15 is 0 Å². The second-order valence-corrected chi connectivity index (χ2v) is 5.10. The number of benzene rings is 2. The Morgan fingerprint density at radius 3 is 2.65 bits per heavy atom. The van der Waals surface area contributed by atoms with Crippen LogP contribution < -0.4 is 16.3 Å². The number of aromatic hydroxyl groups is 1. The fourth-order valence-electron chi connectivity index (χ4n) is 2.02. The number of phenolic OH excluding ortho intramolecular Hbond substituents is 1. The molecule has 0 unspecified atom stereocenters. The zero-order valence-corrected chi connectivity index (χ0v) is 12.4. The summed E-state index contributed by atoms with van der Waals surface area (Å²) >= 11 is 5.76. The van der Waals surface area contributed by atoms with Gasteiger partial charge in [-0.15, -0.1) is 0 Å². The number of urea groups is 1. The lowest BCUT2D eigenvalue weighted by atomic mass is 10.2. The Morgan fingerprint density at radius 2 is 1.91 bits per heavy atom. The highest BCUT2D eigenvalue weighted by Crippen LogP contribution is 2.18. The molecule has 2 amide bonds. The number of nitrogens with zero attached hydrogens (tertiary/aromatic N) is 2. The Morgan fingerprint density at radius 1 is 1.17 bits per heavy atom. The lowest BCUT2D eigenvalue weighted by Gasteiger charge is -2.10. The molecule has 0 spiro atoms. The average Bonchev–Trinajstić information content (AvgIpc) is 2.53. The van der Waals surface area contributed by atoms with Gasteiger partial charge in [-0.05, 0) is 36.4 Å². The van der Waals surface area contributed by atoms with E-state index in [1.54, 1.807) is 24.3 Å². The minimum Gasteiger partial charge on any atom is -0.506 e. The van der Waals surface area contributed by atoms with Crippen LogP contribution in [0.2, 0.25) is 5.02 Å². The largest absolute Gasteiger partial charge is 0.506 e. The fourth-order valence-corrected chi connectivity index (χ4v) is 2.14. The second kappa shape index (κ2) is 5.98. The number of nitrogens with one attached hydrogen (secondary N) is 2. The Labute approximate surface area is 135 Å². The molecule has 0 saturated heterocycles. The molecule has 0 atom stereocenters. The molecular weight excluding hydrogens is 320 g/mol. The van der Waals surface area contributed by atoms with Crippen molar-refractivity contribution in [3.8, 4) is 5.75 Å². The number of rotatable bonds is 2. The predicted molar refractivity (Wildman–Crippen MR) is 87.5 cm³/mol. The topological polar surface area (TPSA) is 96.2 Å². The van der Waals surface area contributed by atoms with Crippen LogP contribution >= 0.6 is 11.6 Å². The molecule has 7 nitrogen and oxygen atoms in total. The van der Waals surface area contributed by atoms with Crippen molar-refractivity contribution in [2.24, 2.45) is 0 Å². The molecule has 8 heteroatoms. The molecule has 0 fully saturated rings. The van der Waals surface area contributed by atoms with Crippen molar-refractivity contribution in [2.75, 3.05) is 10.7 Å². The smallest absolute Gasteiger partial charge is 0.338 e. The summed E-state index contributed by atoms with van der Waals surface area (Å²) in [5, 5.41) is 13.0. The number of halogens is 1. The minimum atomic E-state index is -0.615. The van der Waals surface area contributed by atoms with Crippen LogP contribution in [0.1, 0.15) is 0 Å². The molecule has 0 radical (unpaired) electrons. The quantitative estimate of drug-likeness (QED) is 0.672. The first kappa shape index (κ1) is 14.9. The molecule has 2 aromatic carbocycles. The lowest BCUT2D eigenvalue weighted by molar-refractivity contribution is 0.259. The molecular formula is C15H11ClN4O3. The van der Waals surface area contributed by atoms with Gasteiger partial charge in [0.1, 0.15) is 17.6 Å². The third-order valence-electron chi connectivity index (χ3n) is 3.09. The van der Waals surface area contributed by atoms with Gasteiger partial charge in [0.15, 0.2) is 0 Å². The molecule has 3 rings (SSSR count). The van der Waals surface area contributed by atoms with E-state index in [1.807, 2.05) is 0 Å². The highest BCUT2D eigenvalue weighted by Gasteiger charge is 2.09. The number of hydrogen-bond acceptors (Lipinski definition) is 4. The van der Waals surface area contributed by atoms with Gasteiger partial charge in [-0.2, -0.15) is 0 Å². The zero-order valence-electron chi connectivity index (χ0n) is 11.7. The van der Waals surface area contributed by atoms with Crippen molar-refractivity contribution in [3.63, 3.8) is 0 Å². The molecule has 3 N–H and O–H groups in total. The summed E-state index contributed by atoms with van der Waals surface area (Å²) in [6, 6.07) is 10.4. The van der Waals surface area contributed by atoms with E-state index in [2.05, 4.69) is 15.7 Å². The number of anilines is 1. The average molecular weight is 331 g/mol. The third kappa shape index (κ3) is 3.09. The number of amides is 2. The number of carbonyl (C=O) groups is 1. The second-order valence-electron chi connectivity index (χ2n) is 4.67. The number of aromatic nitrogens is 2. The predicted octanol–water partition coefficient (Wildman–Crippen LogP) is 2.53. The molecule has 0 saturated carbocycles. The Balaban J connectivity index is 1.84. The molecule has 0 aliphatic rings. The van der Waals surface area contributed by atoms with Crippen LogP contribution in [0.25, 0.3) is 10.9 Å². The lowest BCUT2D eigenvalue weighted by Crippen LogP contribution is -2.35. The molecule has 3 aromatic rings. The van der Waals surface area contributed by atoms with Crippen LogP contribution in [0.3, 0.4) is 0 Å². The molecule has 1 heterocycles. The normalized spacial score (nSPS) is 10.5. The van der Waals surface area contributed by atoms with E-state index < -0.39 is 11.6 Å². The van der Waals surface area contributed by atoms with Crippen LogP contribution in [0.4, 0.5) is 10.5 Å². The van der Waals surface area contributed by atoms with Gasteiger partial charge in [-0.3, -0.25) is 4.79 Å². The van der Waals surface area contributed by atoms with Crippen LogP contribution in [0.5, 0.6) is 5.75 Å². The van der Waals surface area contributed by atoms with E-state index in [0.717, 1.165) is 11.0 Å². The summed E-state index contributed by atoms with van der Waals surface area (Å²) in [6.45, 7) is 0. The van der Waals surface area contributed by atoms with Crippen LogP contribution in [-0.4, -0.2) is 20.8 Å². The molecule has 0 bridgehead atoms. The van der Waals surface area contributed by atoms with Gasteiger partial charge in [-0.1, -0.05) is 17.7 Å². The highest BCUT2D eigenvalue weighted by atomic mass is 35.5. The van der Waals surface area contributed by atoms with Crippen molar-refractivity contribution < 1.29 is 9.90 Å². The SMILES string of the molecule is O=C(Nc1ccc(Cl)cc1)Nn1cnc2c(O)cccc2c1=O. The van der Waals surface area contributed by atoms with Crippen molar-refractivity contribution in [1.29, 1.82) is 0 Å². The molecule has 0 aliphatic carbocycles. The summed E-state index contributed by atoms with van der Waals surface area (Å²) in [7, 11) is 0. The number of hydrogen-bond donors (Lipinski definition) is 3. The van der Waals surface area contributed by atoms with E-state index in [4.69, 9.17) is 11.6 Å². The van der Waals surface area contributed by atoms with Gasteiger partial charge in [0, 0.05) is 10.7 Å². The van der Waals surface area contributed by atoms with Crippen molar-refractivity contribution in [2.45, 2.75) is 0 Å². The van der Waals surface area contributed by atoms with Gasteiger partial charge in [0.25, 0.3) is 5.56 Å². The van der Waals surface area contributed by atoms with E-state index in [0.29, 0.717) is 10.7 Å².